The van der Waals surface area contributed by atoms with Gasteiger partial charge >= 0.3 is 0 Å². The minimum Gasteiger partial charge on any atom is -0.368 e. The third-order valence-corrected chi connectivity index (χ3v) is 5.56. The van der Waals surface area contributed by atoms with Gasteiger partial charge < -0.3 is 26.2 Å². The van der Waals surface area contributed by atoms with E-state index in [1.165, 1.54) is 0 Å². The lowest BCUT2D eigenvalue weighted by Gasteiger charge is -2.38. The molecule has 8 heteroatoms. The monoisotopic (exact) mass is 379 g/mol. The van der Waals surface area contributed by atoms with E-state index in [1.807, 2.05) is 24.0 Å². The van der Waals surface area contributed by atoms with Crippen LogP contribution in [0.2, 0.25) is 5.02 Å². The van der Waals surface area contributed by atoms with E-state index >= 15 is 0 Å². The predicted octanol–water partition coefficient (Wildman–Crippen LogP) is 0.102. The van der Waals surface area contributed by atoms with Crippen LogP contribution in [-0.2, 0) is 9.59 Å². The van der Waals surface area contributed by atoms with Gasteiger partial charge in [0.1, 0.15) is 0 Å². The van der Waals surface area contributed by atoms with E-state index in [0.717, 1.165) is 29.4 Å². The molecule has 0 radical (unpaired) electrons. The van der Waals surface area contributed by atoms with Gasteiger partial charge in [0.15, 0.2) is 0 Å². The van der Waals surface area contributed by atoms with Gasteiger partial charge in [-0.3, -0.25) is 9.59 Å². The van der Waals surface area contributed by atoms with Gasteiger partial charge in [0.2, 0.25) is 11.8 Å². The first kappa shape index (κ1) is 18.9. The molecule has 142 valence electrons. The molecule has 4 N–H and O–H groups in total. The van der Waals surface area contributed by atoms with Crippen LogP contribution in [0.5, 0.6) is 0 Å². The molecule has 26 heavy (non-hydrogen) atoms. The number of hydrogen-bond acceptors (Lipinski definition) is 5. The van der Waals surface area contributed by atoms with Crippen molar-refractivity contribution in [1.82, 2.24) is 15.5 Å². The fraction of sp³-hybridized carbons (Fsp3) is 0.556. The van der Waals surface area contributed by atoms with E-state index in [4.69, 9.17) is 17.3 Å². The summed E-state index contributed by atoms with van der Waals surface area (Å²) in [6.07, 6.45) is 0.609. The molecule has 2 fully saturated rings. The predicted molar refractivity (Wildman–Crippen MR) is 102 cm³/mol. The van der Waals surface area contributed by atoms with Crippen LogP contribution in [0.1, 0.15) is 12.0 Å². The first-order valence-electron chi connectivity index (χ1n) is 9.01. The van der Waals surface area contributed by atoms with E-state index in [1.54, 1.807) is 0 Å². The van der Waals surface area contributed by atoms with Gasteiger partial charge in [0.05, 0.1) is 12.6 Å². The highest BCUT2D eigenvalue weighted by atomic mass is 35.5. The summed E-state index contributed by atoms with van der Waals surface area (Å²) in [5.41, 5.74) is 7.53. The highest BCUT2D eigenvalue weighted by Gasteiger charge is 2.34. The summed E-state index contributed by atoms with van der Waals surface area (Å²) in [6.45, 7) is 5.53. The van der Waals surface area contributed by atoms with Gasteiger partial charge in [-0.05, 0) is 31.0 Å². The van der Waals surface area contributed by atoms with Crippen molar-refractivity contribution in [2.45, 2.75) is 25.4 Å². The van der Waals surface area contributed by atoms with Crippen LogP contribution >= 0.6 is 11.6 Å². The SMILES string of the molecule is Cc1c(Cl)cccc1N1CCN(C(=O)[C@@H]2C[C@@H](NC(=O)CN)CN2)CC1. The average Bonchev–Trinajstić information content (AvgIpc) is 3.12. The molecule has 0 saturated carbocycles. The molecule has 2 aliphatic heterocycles. The van der Waals surface area contributed by atoms with Crippen molar-refractivity contribution >= 4 is 29.1 Å². The fourth-order valence-corrected chi connectivity index (χ4v) is 3.82. The van der Waals surface area contributed by atoms with Gasteiger partial charge in [-0.1, -0.05) is 17.7 Å². The molecular weight excluding hydrogens is 354 g/mol. The molecular formula is C18H26ClN5O2. The smallest absolute Gasteiger partial charge is 0.239 e. The van der Waals surface area contributed by atoms with Gasteiger partial charge in [0.25, 0.3) is 0 Å². The second-order valence-corrected chi connectivity index (χ2v) is 7.27. The Kier molecular flexibility index (Phi) is 6.01. The summed E-state index contributed by atoms with van der Waals surface area (Å²) in [7, 11) is 0. The summed E-state index contributed by atoms with van der Waals surface area (Å²) in [6, 6.07) is 5.65. The first-order chi connectivity index (χ1) is 12.5. The van der Waals surface area contributed by atoms with E-state index in [9.17, 15) is 9.59 Å². The highest BCUT2D eigenvalue weighted by molar-refractivity contribution is 6.31. The van der Waals surface area contributed by atoms with Crippen LogP contribution in [0.15, 0.2) is 18.2 Å². The lowest BCUT2D eigenvalue weighted by molar-refractivity contribution is -0.133. The number of hydrogen-bond donors (Lipinski definition) is 3. The lowest BCUT2D eigenvalue weighted by Crippen LogP contribution is -2.53. The van der Waals surface area contributed by atoms with Crippen molar-refractivity contribution in [1.29, 1.82) is 0 Å². The zero-order valence-electron chi connectivity index (χ0n) is 15.0. The van der Waals surface area contributed by atoms with Crippen LogP contribution < -0.4 is 21.3 Å². The summed E-state index contributed by atoms with van der Waals surface area (Å²) >= 11 is 6.22. The number of rotatable bonds is 4. The second kappa shape index (κ2) is 8.24. The second-order valence-electron chi connectivity index (χ2n) is 6.86. The minimum absolute atomic E-state index is 0.0278. The Morgan fingerprint density at radius 2 is 2.04 bits per heavy atom. The quantitative estimate of drug-likeness (QED) is 0.690. The number of amides is 2. The molecule has 2 aliphatic rings. The van der Waals surface area contributed by atoms with Crippen LogP contribution in [-0.4, -0.2) is 68.1 Å². The molecule has 1 aromatic rings. The van der Waals surface area contributed by atoms with Crippen molar-refractivity contribution in [3.63, 3.8) is 0 Å². The van der Waals surface area contributed by atoms with E-state index in [2.05, 4.69) is 21.6 Å². The van der Waals surface area contributed by atoms with Gasteiger partial charge in [-0.25, -0.2) is 0 Å². The summed E-state index contributed by atoms with van der Waals surface area (Å²) in [4.78, 5) is 28.3. The summed E-state index contributed by atoms with van der Waals surface area (Å²) in [5.74, 6) is -0.0765. The van der Waals surface area contributed by atoms with E-state index in [-0.39, 0.29) is 30.4 Å². The number of anilines is 1. The number of nitrogens with two attached hydrogens (primary N) is 1. The number of carbonyl (C=O) groups is 2. The first-order valence-corrected chi connectivity index (χ1v) is 9.39. The molecule has 0 aliphatic carbocycles. The molecule has 2 heterocycles. The van der Waals surface area contributed by atoms with Gasteiger partial charge in [0, 0.05) is 49.5 Å². The molecule has 2 amide bonds. The normalized spacial score (nSPS) is 23.2. The van der Waals surface area contributed by atoms with Crippen molar-refractivity contribution < 1.29 is 9.59 Å². The number of nitrogens with zero attached hydrogens (tertiary/aromatic N) is 2. The standard InChI is InChI=1S/C18H26ClN5O2/c1-12-14(19)3-2-4-16(12)23-5-7-24(8-6-23)18(26)15-9-13(11-21-15)22-17(25)10-20/h2-4,13,15,21H,5-11,20H2,1H3,(H,22,25)/t13-,15+/m1/s1. The van der Waals surface area contributed by atoms with Crippen molar-refractivity contribution in [2.75, 3.05) is 44.2 Å². The molecule has 3 rings (SSSR count). The molecule has 0 bridgehead atoms. The Labute approximate surface area is 158 Å². The molecule has 0 aromatic heterocycles. The summed E-state index contributed by atoms with van der Waals surface area (Å²) < 4.78 is 0. The van der Waals surface area contributed by atoms with Crippen LogP contribution in [0.25, 0.3) is 0 Å². The molecule has 0 unspecified atom stereocenters. The van der Waals surface area contributed by atoms with Gasteiger partial charge in [-0.2, -0.15) is 0 Å². The Hall–Kier alpha value is -1.83. The van der Waals surface area contributed by atoms with Gasteiger partial charge in [-0.15, -0.1) is 0 Å². The largest absolute Gasteiger partial charge is 0.368 e. The molecule has 0 spiro atoms. The third kappa shape index (κ3) is 4.11. The Morgan fingerprint density at radius 1 is 1.31 bits per heavy atom. The molecule has 2 saturated heterocycles. The molecule has 2 atom stereocenters. The van der Waals surface area contributed by atoms with Crippen molar-refractivity contribution in [3.05, 3.63) is 28.8 Å². The fourth-order valence-electron chi connectivity index (χ4n) is 3.65. The van der Waals surface area contributed by atoms with E-state index in [0.29, 0.717) is 26.1 Å². The lowest BCUT2D eigenvalue weighted by atomic mass is 10.1. The Morgan fingerprint density at radius 3 is 2.73 bits per heavy atom. The number of nitrogens with one attached hydrogen (secondary N) is 2. The van der Waals surface area contributed by atoms with Crippen molar-refractivity contribution in [3.8, 4) is 0 Å². The Bertz CT molecular complexity index is 676. The molecule has 7 nitrogen and oxygen atoms in total. The number of benzene rings is 1. The maximum atomic E-state index is 12.8. The zero-order chi connectivity index (χ0) is 18.7. The van der Waals surface area contributed by atoms with Crippen LogP contribution in [0.3, 0.4) is 0 Å². The molecule has 1 aromatic carbocycles. The number of piperazine rings is 1. The topological polar surface area (TPSA) is 90.7 Å². The average molecular weight is 380 g/mol. The minimum atomic E-state index is -0.238. The maximum Gasteiger partial charge on any atom is 0.239 e. The Balaban J connectivity index is 1.53. The summed E-state index contributed by atoms with van der Waals surface area (Å²) in [5, 5.41) is 6.82. The number of halogens is 1. The zero-order valence-corrected chi connectivity index (χ0v) is 15.8. The van der Waals surface area contributed by atoms with E-state index < -0.39 is 0 Å². The third-order valence-electron chi connectivity index (χ3n) is 5.15. The van der Waals surface area contributed by atoms with Crippen LogP contribution in [0, 0.1) is 6.92 Å². The van der Waals surface area contributed by atoms with Crippen LogP contribution in [0.4, 0.5) is 5.69 Å². The highest BCUT2D eigenvalue weighted by Crippen LogP contribution is 2.27. The number of carbonyl (C=O) groups excluding carboxylic acids is 2. The maximum absolute atomic E-state index is 12.8. The van der Waals surface area contributed by atoms with Crippen molar-refractivity contribution in [2.24, 2.45) is 5.73 Å².